The first-order valence-corrected chi connectivity index (χ1v) is 32.3. The van der Waals surface area contributed by atoms with Crippen LogP contribution in [0.25, 0.3) is 0 Å². The number of allylic oxidation sites excluding steroid dienone is 4. The largest absolute Gasteiger partial charge is 0.462 e. The number of carbonyl (C=O) groups excluding carboxylic acids is 3. The zero-order valence-corrected chi connectivity index (χ0v) is 48.7. The summed E-state index contributed by atoms with van der Waals surface area (Å²) in [7, 11) is 0. The molecule has 0 aliphatic carbocycles. The molecule has 0 radical (unpaired) electrons. The molecule has 0 heterocycles. The van der Waals surface area contributed by atoms with Gasteiger partial charge in [0.15, 0.2) is 6.10 Å². The molecule has 0 amide bonds. The monoisotopic (exact) mass is 1010 g/mol. The maximum atomic E-state index is 12.8. The molecule has 0 fully saturated rings. The van der Waals surface area contributed by atoms with Crippen molar-refractivity contribution >= 4 is 17.9 Å². The van der Waals surface area contributed by atoms with E-state index in [4.69, 9.17) is 14.2 Å². The van der Waals surface area contributed by atoms with Gasteiger partial charge in [-0.05, 0) is 44.9 Å². The first-order valence-electron chi connectivity index (χ1n) is 32.3. The molecule has 0 N–H and O–H groups in total. The van der Waals surface area contributed by atoms with Crippen molar-refractivity contribution in [3.8, 4) is 0 Å². The van der Waals surface area contributed by atoms with E-state index in [1.807, 2.05) is 0 Å². The lowest BCUT2D eigenvalue weighted by Gasteiger charge is -2.18. The van der Waals surface area contributed by atoms with Gasteiger partial charge in [0.25, 0.3) is 0 Å². The van der Waals surface area contributed by atoms with Crippen molar-refractivity contribution in [1.82, 2.24) is 0 Å². The van der Waals surface area contributed by atoms with Crippen LogP contribution in [0.1, 0.15) is 361 Å². The van der Waals surface area contributed by atoms with Crippen LogP contribution < -0.4 is 0 Å². The minimum Gasteiger partial charge on any atom is -0.462 e. The molecule has 1 atom stereocenters. The first kappa shape index (κ1) is 69.9. The SMILES string of the molecule is CCCC/C=C\C/C=C\CCCCCCCC(=O)OC(COC(=O)CCCCCCCC)COC(=O)CCCCCCCCCCCCCCCCCCCCCCCCCCCCCCCCCCCC. The molecule has 72 heavy (non-hydrogen) atoms. The average molecular weight is 1010 g/mol. The molecule has 0 bridgehead atoms. The molecule has 0 saturated heterocycles. The molecule has 0 aromatic rings. The van der Waals surface area contributed by atoms with Crippen LogP contribution in [0.3, 0.4) is 0 Å². The summed E-state index contributed by atoms with van der Waals surface area (Å²) in [5.74, 6) is -0.879. The van der Waals surface area contributed by atoms with Crippen molar-refractivity contribution in [1.29, 1.82) is 0 Å². The Bertz CT molecular complexity index is 1160. The van der Waals surface area contributed by atoms with E-state index in [1.54, 1.807) is 0 Å². The summed E-state index contributed by atoms with van der Waals surface area (Å²) in [5.41, 5.74) is 0. The summed E-state index contributed by atoms with van der Waals surface area (Å²) >= 11 is 0. The molecular formula is C66H124O6. The van der Waals surface area contributed by atoms with Crippen LogP contribution in [-0.2, 0) is 28.6 Å². The Labute approximate surface area is 449 Å². The van der Waals surface area contributed by atoms with Gasteiger partial charge in [0.2, 0.25) is 0 Å². The van der Waals surface area contributed by atoms with E-state index in [2.05, 4.69) is 45.1 Å². The lowest BCUT2D eigenvalue weighted by molar-refractivity contribution is -0.167. The molecule has 0 spiro atoms. The second-order valence-electron chi connectivity index (χ2n) is 22.0. The summed E-state index contributed by atoms with van der Waals surface area (Å²) in [6.07, 6.45) is 74.0. The average Bonchev–Trinajstić information content (AvgIpc) is 3.38. The Morgan fingerprint density at radius 3 is 0.806 bits per heavy atom. The lowest BCUT2D eigenvalue weighted by Crippen LogP contribution is -2.30. The van der Waals surface area contributed by atoms with E-state index < -0.39 is 6.10 Å². The van der Waals surface area contributed by atoms with Crippen molar-refractivity contribution < 1.29 is 28.6 Å². The van der Waals surface area contributed by atoms with Crippen LogP contribution in [-0.4, -0.2) is 37.2 Å². The van der Waals surface area contributed by atoms with Gasteiger partial charge < -0.3 is 14.2 Å². The highest BCUT2D eigenvalue weighted by Gasteiger charge is 2.19. The summed E-state index contributed by atoms with van der Waals surface area (Å²) < 4.78 is 16.8. The summed E-state index contributed by atoms with van der Waals surface area (Å²) in [6.45, 7) is 6.58. The van der Waals surface area contributed by atoms with Crippen molar-refractivity contribution in [3.05, 3.63) is 24.3 Å². The van der Waals surface area contributed by atoms with Gasteiger partial charge in [-0.15, -0.1) is 0 Å². The summed E-state index contributed by atoms with van der Waals surface area (Å²) in [6, 6.07) is 0. The van der Waals surface area contributed by atoms with Crippen LogP contribution >= 0.6 is 0 Å². The van der Waals surface area contributed by atoms with Gasteiger partial charge in [-0.2, -0.15) is 0 Å². The lowest BCUT2D eigenvalue weighted by atomic mass is 10.0. The van der Waals surface area contributed by atoms with E-state index >= 15 is 0 Å². The van der Waals surface area contributed by atoms with E-state index in [1.165, 1.54) is 238 Å². The van der Waals surface area contributed by atoms with Crippen LogP contribution in [0.4, 0.5) is 0 Å². The van der Waals surface area contributed by atoms with Crippen molar-refractivity contribution in [2.24, 2.45) is 0 Å². The second-order valence-corrected chi connectivity index (χ2v) is 22.0. The van der Waals surface area contributed by atoms with E-state index in [0.29, 0.717) is 19.3 Å². The Morgan fingerprint density at radius 2 is 0.514 bits per heavy atom. The fourth-order valence-electron chi connectivity index (χ4n) is 9.82. The molecular weight excluding hydrogens is 889 g/mol. The van der Waals surface area contributed by atoms with Gasteiger partial charge in [0.05, 0.1) is 0 Å². The molecule has 6 heteroatoms. The second kappa shape index (κ2) is 61.4. The van der Waals surface area contributed by atoms with E-state index in [9.17, 15) is 14.4 Å². The third-order valence-electron chi connectivity index (χ3n) is 14.7. The van der Waals surface area contributed by atoms with Crippen molar-refractivity contribution in [2.75, 3.05) is 13.2 Å². The number of esters is 3. The number of rotatable bonds is 60. The van der Waals surface area contributed by atoms with Gasteiger partial charge >= 0.3 is 17.9 Å². The summed E-state index contributed by atoms with van der Waals surface area (Å²) in [4.78, 5) is 37.9. The molecule has 0 aliphatic heterocycles. The zero-order chi connectivity index (χ0) is 52.2. The molecule has 424 valence electrons. The number of unbranched alkanes of at least 4 members (excludes halogenated alkanes) is 45. The molecule has 1 unspecified atom stereocenters. The topological polar surface area (TPSA) is 78.9 Å². The normalized spacial score (nSPS) is 12.1. The number of ether oxygens (including phenoxy) is 3. The van der Waals surface area contributed by atoms with Crippen LogP contribution in [0, 0.1) is 0 Å². The molecule has 0 aromatic heterocycles. The van der Waals surface area contributed by atoms with Crippen LogP contribution in [0.15, 0.2) is 24.3 Å². The van der Waals surface area contributed by atoms with Crippen molar-refractivity contribution in [3.63, 3.8) is 0 Å². The van der Waals surface area contributed by atoms with Gasteiger partial charge in [0, 0.05) is 19.3 Å². The molecule has 0 rings (SSSR count). The zero-order valence-electron chi connectivity index (χ0n) is 48.7. The Hall–Kier alpha value is -2.11. The third-order valence-corrected chi connectivity index (χ3v) is 14.7. The maximum Gasteiger partial charge on any atom is 0.306 e. The Morgan fingerprint density at radius 1 is 0.278 bits per heavy atom. The van der Waals surface area contributed by atoms with E-state index in [-0.39, 0.29) is 31.1 Å². The Kier molecular flexibility index (Phi) is 59.6. The predicted molar refractivity (Wildman–Crippen MR) is 312 cm³/mol. The number of hydrogen-bond acceptors (Lipinski definition) is 6. The minimum atomic E-state index is -0.772. The van der Waals surface area contributed by atoms with Crippen molar-refractivity contribution in [2.45, 2.75) is 367 Å². The Balaban J connectivity index is 3.86. The fraction of sp³-hybridized carbons (Fsp3) is 0.894. The number of hydrogen-bond donors (Lipinski definition) is 0. The number of carbonyl (C=O) groups is 3. The fourth-order valence-corrected chi connectivity index (χ4v) is 9.82. The molecule has 0 aromatic carbocycles. The molecule has 6 nitrogen and oxygen atoms in total. The highest BCUT2D eigenvalue weighted by molar-refractivity contribution is 5.71. The summed E-state index contributed by atoms with van der Waals surface area (Å²) in [5, 5.41) is 0. The highest BCUT2D eigenvalue weighted by Crippen LogP contribution is 2.18. The highest BCUT2D eigenvalue weighted by atomic mass is 16.6. The molecule has 0 saturated carbocycles. The predicted octanol–water partition coefficient (Wildman–Crippen LogP) is 21.8. The standard InChI is InChI=1S/C66H124O6/c1-4-7-10-13-16-18-20-22-24-25-26-27-28-29-30-31-32-33-34-35-36-37-38-39-40-41-42-43-45-46-48-50-53-56-59-65(68)71-62-63(61-70-64(67)58-55-52-15-12-9-6-3)72-66(69)60-57-54-51-49-47-44-23-21-19-17-14-11-8-5-2/h14,17,21,23,63H,4-13,15-16,18-20,22,24-62H2,1-3H3/b17-14-,23-21-. The first-order chi connectivity index (χ1) is 35.5. The van der Waals surface area contributed by atoms with Gasteiger partial charge in [-0.25, -0.2) is 0 Å². The maximum absolute atomic E-state index is 12.8. The van der Waals surface area contributed by atoms with Crippen LogP contribution in [0.2, 0.25) is 0 Å². The van der Waals surface area contributed by atoms with Gasteiger partial charge in [0.1, 0.15) is 13.2 Å². The smallest absolute Gasteiger partial charge is 0.306 e. The molecule has 0 aliphatic rings. The van der Waals surface area contributed by atoms with Gasteiger partial charge in [-0.1, -0.05) is 321 Å². The van der Waals surface area contributed by atoms with Gasteiger partial charge in [-0.3, -0.25) is 14.4 Å². The van der Waals surface area contributed by atoms with Crippen LogP contribution in [0.5, 0.6) is 0 Å². The minimum absolute atomic E-state index is 0.0728. The third kappa shape index (κ3) is 58.8. The van der Waals surface area contributed by atoms with E-state index in [0.717, 1.165) is 83.5 Å². The quantitative estimate of drug-likeness (QED) is 0.0261.